The second-order valence-corrected chi connectivity index (χ2v) is 8.36. The van der Waals surface area contributed by atoms with Crippen LogP contribution in [0, 0.1) is 33.8 Å². The number of non-ortho nitro benzene ring substituents is 1. The molecule has 1 saturated carbocycles. The van der Waals surface area contributed by atoms with Crippen molar-refractivity contribution in [2.24, 2.45) is 23.7 Å². The van der Waals surface area contributed by atoms with E-state index in [1.807, 2.05) is 12.2 Å². The molecule has 33 heavy (non-hydrogen) atoms. The van der Waals surface area contributed by atoms with E-state index in [1.54, 1.807) is 0 Å². The Hall–Kier alpha value is -4.14. The molecule has 1 saturated heterocycles. The molecule has 166 valence electrons. The Bertz CT molecular complexity index is 1190. The number of esters is 1. The Balaban J connectivity index is 1.22. The Labute approximate surface area is 187 Å². The number of nitro groups is 1. The normalized spacial score (nSPS) is 24.8. The molecule has 0 aromatic heterocycles. The van der Waals surface area contributed by atoms with Gasteiger partial charge in [-0.3, -0.25) is 29.4 Å². The lowest BCUT2D eigenvalue weighted by Gasteiger charge is -2.17. The van der Waals surface area contributed by atoms with E-state index in [1.165, 1.54) is 53.4 Å². The van der Waals surface area contributed by atoms with Gasteiger partial charge in [0, 0.05) is 17.7 Å². The lowest BCUT2D eigenvalue weighted by atomic mass is 9.85. The molecule has 0 radical (unpaired) electrons. The van der Waals surface area contributed by atoms with Gasteiger partial charge in [0.1, 0.15) is 0 Å². The van der Waals surface area contributed by atoms with Crippen molar-refractivity contribution in [1.29, 1.82) is 0 Å². The molecule has 5 rings (SSSR count). The number of hydrogen-bond donors (Lipinski definition) is 0. The number of hydrogen-bond acceptors (Lipinski definition) is 7. The second kappa shape index (κ2) is 7.77. The van der Waals surface area contributed by atoms with Crippen molar-refractivity contribution >= 4 is 34.9 Å². The molecule has 4 atom stereocenters. The fourth-order valence-corrected chi connectivity index (χ4v) is 4.97. The van der Waals surface area contributed by atoms with E-state index in [2.05, 4.69) is 0 Å². The van der Waals surface area contributed by atoms with Gasteiger partial charge in [-0.25, -0.2) is 4.79 Å². The standard InChI is InChI=1S/C24H18N2O7/c27-19(13-3-9-18(10-4-13)26(31)32)12-33-24(30)14-5-7-17(8-6-14)25-22(28)20-15-1-2-16(11-15)21(20)23(25)29/h1-10,15-16,20-21H,11-12H2/t15-,16-,20+,21+/m0/s1. The molecule has 2 bridgehead atoms. The Morgan fingerprint density at radius 3 is 2.00 bits per heavy atom. The summed E-state index contributed by atoms with van der Waals surface area (Å²) in [4.78, 5) is 61.6. The van der Waals surface area contributed by atoms with E-state index in [0.29, 0.717) is 5.69 Å². The molecule has 0 unspecified atom stereocenters. The first-order valence-corrected chi connectivity index (χ1v) is 10.5. The molecule has 9 nitrogen and oxygen atoms in total. The summed E-state index contributed by atoms with van der Waals surface area (Å²) in [5.41, 5.74) is 0.600. The van der Waals surface area contributed by atoms with Gasteiger partial charge in [0.2, 0.25) is 11.8 Å². The van der Waals surface area contributed by atoms with Gasteiger partial charge in [0.25, 0.3) is 5.69 Å². The smallest absolute Gasteiger partial charge is 0.338 e. The number of ether oxygens (including phenoxy) is 1. The number of rotatable bonds is 6. The Morgan fingerprint density at radius 2 is 1.45 bits per heavy atom. The zero-order valence-corrected chi connectivity index (χ0v) is 17.2. The number of Topliss-reactive ketones (excluding diaryl/α,β-unsaturated/α-hetero) is 1. The number of fused-ring (bicyclic) bond motifs is 5. The maximum Gasteiger partial charge on any atom is 0.338 e. The molecule has 2 aromatic rings. The first-order chi connectivity index (χ1) is 15.8. The van der Waals surface area contributed by atoms with Crippen LogP contribution in [0.4, 0.5) is 11.4 Å². The molecule has 2 fully saturated rings. The second-order valence-electron chi connectivity index (χ2n) is 8.36. The number of amides is 2. The van der Waals surface area contributed by atoms with Crippen LogP contribution >= 0.6 is 0 Å². The van der Waals surface area contributed by atoms with Crippen molar-refractivity contribution in [3.05, 3.63) is 81.9 Å². The lowest BCUT2D eigenvalue weighted by Crippen LogP contribution is -2.32. The van der Waals surface area contributed by atoms with Gasteiger partial charge in [-0.1, -0.05) is 12.2 Å². The quantitative estimate of drug-likeness (QED) is 0.167. The minimum atomic E-state index is -0.741. The third-order valence-electron chi connectivity index (χ3n) is 6.57. The number of benzene rings is 2. The minimum Gasteiger partial charge on any atom is -0.454 e. The first kappa shape index (κ1) is 20.7. The third-order valence-corrected chi connectivity index (χ3v) is 6.57. The zero-order valence-electron chi connectivity index (χ0n) is 17.2. The SMILES string of the molecule is O=C(COC(=O)c1ccc(N2C(=O)[C@H]3[C@H](C2=O)[C@H]2C=C[C@H]3C2)cc1)c1ccc([N+](=O)[O-])cc1. The largest absolute Gasteiger partial charge is 0.454 e. The number of carbonyl (C=O) groups excluding carboxylic acids is 4. The molecular weight excluding hydrogens is 428 g/mol. The monoisotopic (exact) mass is 446 g/mol. The highest BCUT2D eigenvalue weighted by Crippen LogP contribution is 2.53. The maximum absolute atomic E-state index is 12.9. The van der Waals surface area contributed by atoms with Crippen molar-refractivity contribution in [2.45, 2.75) is 6.42 Å². The number of ketones is 1. The number of nitrogens with zero attached hydrogens (tertiary/aromatic N) is 2. The van der Waals surface area contributed by atoms with Gasteiger partial charge in [-0.05, 0) is 54.7 Å². The third kappa shape index (κ3) is 3.42. The highest BCUT2D eigenvalue weighted by atomic mass is 16.6. The van der Waals surface area contributed by atoms with E-state index in [4.69, 9.17) is 4.74 Å². The number of imide groups is 1. The number of anilines is 1. The molecular formula is C24H18N2O7. The zero-order chi connectivity index (χ0) is 23.3. The number of nitro benzene ring substituents is 1. The van der Waals surface area contributed by atoms with Gasteiger partial charge in [-0.15, -0.1) is 0 Å². The summed E-state index contributed by atoms with van der Waals surface area (Å²) in [6, 6.07) is 10.9. The van der Waals surface area contributed by atoms with Crippen molar-refractivity contribution in [2.75, 3.05) is 11.5 Å². The van der Waals surface area contributed by atoms with E-state index in [0.717, 1.165) is 6.42 Å². The van der Waals surface area contributed by atoms with Crippen LogP contribution in [0.25, 0.3) is 0 Å². The van der Waals surface area contributed by atoms with Gasteiger partial charge >= 0.3 is 5.97 Å². The predicted octanol–water partition coefficient (Wildman–Crippen LogP) is 2.95. The summed E-state index contributed by atoms with van der Waals surface area (Å²) in [6.45, 7) is -0.527. The van der Waals surface area contributed by atoms with Crippen LogP contribution in [0.2, 0.25) is 0 Å². The highest BCUT2D eigenvalue weighted by molar-refractivity contribution is 6.22. The average Bonchev–Trinajstić information content (AvgIpc) is 3.51. The van der Waals surface area contributed by atoms with Crippen LogP contribution in [0.15, 0.2) is 60.7 Å². The summed E-state index contributed by atoms with van der Waals surface area (Å²) in [6.07, 6.45) is 4.90. The van der Waals surface area contributed by atoms with Gasteiger partial charge in [-0.2, -0.15) is 0 Å². The van der Waals surface area contributed by atoms with Crippen molar-refractivity contribution < 1.29 is 28.8 Å². The topological polar surface area (TPSA) is 124 Å². The van der Waals surface area contributed by atoms with Gasteiger partial charge < -0.3 is 4.74 Å². The summed E-state index contributed by atoms with van der Waals surface area (Å²) in [5, 5.41) is 10.7. The van der Waals surface area contributed by atoms with E-state index in [9.17, 15) is 29.3 Å². The maximum atomic E-state index is 12.9. The molecule has 1 heterocycles. The molecule has 2 aromatic carbocycles. The summed E-state index contributed by atoms with van der Waals surface area (Å²) in [5.74, 6) is -2.03. The first-order valence-electron chi connectivity index (χ1n) is 10.5. The fraction of sp³-hybridized carbons (Fsp3) is 0.250. The molecule has 0 spiro atoms. The van der Waals surface area contributed by atoms with Crippen LogP contribution in [-0.4, -0.2) is 35.1 Å². The van der Waals surface area contributed by atoms with E-state index in [-0.39, 0.29) is 52.3 Å². The average molecular weight is 446 g/mol. The van der Waals surface area contributed by atoms with Crippen molar-refractivity contribution in [3.63, 3.8) is 0 Å². The molecule has 3 aliphatic rings. The number of carbonyl (C=O) groups is 4. The molecule has 1 aliphatic heterocycles. The van der Waals surface area contributed by atoms with E-state index >= 15 is 0 Å². The van der Waals surface area contributed by atoms with Crippen LogP contribution in [0.5, 0.6) is 0 Å². The molecule has 9 heteroatoms. The van der Waals surface area contributed by atoms with Gasteiger partial charge in [0.05, 0.1) is 28.0 Å². The fourth-order valence-electron chi connectivity index (χ4n) is 4.97. The highest BCUT2D eigenvalue weighted by Gasteiger charge is 2.59. The summed E-state index contributed by atoms with van der Waals surface area (Å²) < 4.78 is 5.05. The minimum absolute atomic E-state index is 0.115. The Kier molecular flexibility index (Phi) is 4.88. The van der Waals surface area contributed by atoms with Crippen LogP contribution in [0.3, 0.4) is 0 Å². The van der Waals surface area contributed by atoms with Crippen LogP contribution in [0.1, 0.15) is 27.1 Å². The molecule has 2 amide bonds. The molecule has 0 N–H and O–H groups in total. The van der Waals surface area contributed by atoms with Crippen LogP contribution < -0.4 is 4.90 Å². The van der Waals surface area contributed by atoms with Crippen molar-refractivity contribution in [1.82, 2.24) is 0 Å². The molecule has 2 aliphatic carbocycles. The van der Waals surface area contributed by atoms with Crippen molar-refractivity contribution in [3.8, 4) is 0 Å². The summed E-state index contributed by atoms with van der Waals surface area (Å²) in [7, 11) is 0. The van der Waals surface area contributed by atoms with E-state index < -0.39 is 23.3 Å². The Morgan fingerprint density at radius 1 is 0.909 bits per heavy atom. The summed E-state index contributed by atoms with van der Waals surface area (Å²) >= 11 is 0. The lowest BCUT2D eigenvalue weighted by molar-refractivity contribution is -0.384. The van der Waals surface area contributed by atoms with Gasteiger partial charge in [0.15, 0.2) is 12.4 Å². The predicted molar refractivity (Wildman–Crippen MR) is 114 cm³/mol. The van der Waals surface area contributed by atoms with Crippen LogP contribution in [-0.2, 0) is 14.3 Å². The number of allylic oxidation sites excluding steroid dienone is 2.